The van der Waals surface area contributed by atoms with Crippen LogP contribution in [0.5, 0.6) is 17.2 Å². The van der Waals surface area contributed by atoms with Gasteiger partial charge in [-0.3, -0.25) is 24.5 Å². The van der Waals surface area contributed by atoms with Gasteiger partial charge in [-0.1, -0.05) is 23.7 Å². The van der Waals surface area contributed by atoms with Gasteiger partial charge in [-0.15, -0.1) is 0 Å². The first-order valence-electron chi connectivity index (χ1n) is 11.4. The highest BCUT2D eigenvalue weighted by atomic mass is 35.5. The van der Waals surface area contributed by atoms with E-state index in [0.29, 0.717) is 22.0 Å². The van der Waals surface area contributed by atoms with Crippen molar-refractivity contribution >= 4 is 40.5 Å². The van der Waals surface area contributed by atoms with Crippen LogP contribution in [0.2, 0.25) is 5.02 Å². The number of hydroxylamine groups is 1. The first-order valence-corrected chi connectivity index (χ1v) is 11.8. The number of halogens is 1. The molecule has 0 aromatic heterocycles. The smallest absolute Gasteiger partial charge is 0.271 e. The number of methoxy groups -OCH3 is 3. The number of hydrogen-bond donors (Lipinski definition) is 0. The summed E-state index contributed by atoms with van der Waals surface area (Å²) in [6.07, 6.45) is -1.21. The number of amides is 2. The van der Waals surface area contributed by atoms with Crippen LogP contribution in [0.4, 0.5) is 17.1 Å². The van der Waals surface area contributed by atoms with E-state index < -0.39 is 34.8 Å². The van der Waals surface area contributed by atoms with Crippen LogP contribution in [0, 0.1) is 16.0 Å². The Morgan fingerprint density at radius 2 is 1.61 bits per heavy atom. The van der Waals surface area contributed by atoms with Gasteiger partial charge in [0.1, 0.15) is 12.0 Å². The first-order chi connectivity index (χ1) is 18.3. The molecule has 2 aliphatic rings. The van der Waals surface area contributed by atoms with E-state index in [4.69, 9.17) is 30.6 Å². The van der Waals surface area contributed by atoms with Crippen LogP contribution in [0.25, 0.3) is 0 Å². The molecule has 2 amide bonds. The van der Waals surface area contributed by atoms with Crippen LogP contribution >= 0.6 is 11.6 Å². The molecule has 0 spiro atoms. The number of hydrogen-bond acceptors (Lipinski definition) is 9. The van der Waals surface area contributed by atoms with E-state index in [-0.39, 0.29) is 22.9 Å². The topological polar surface area (TPSA) is 121 Å². The van der Waals surface area contributed by atoms with E-state index in [1.54, 1.807) is 36.4 Å². The number of fused-ring (bicyclic) bond motifs is 1. The molecule has 2 aliphatic heterocycles. The summed E-state index contributed by atoms with van der Waals surface area (Å²) < 4.78 is 16.6. The van der Waals surface area contributed by atoms with Gasteiger partial charge in [0.2, 0.25) is 11.7 Å². The van der Waals surface area contributed by atoms with Crippen LogP contribution in [0.1, 0.15) is 11.6 Å². The number of carbonyl (C=O) groups is 2. The second-order valence-electron chi connectivity index (χ2n) is 8.51. The Balaban J connectivity index is 1.68. The Labute approximate surface area is 222 Å². The van der Waals surface area contributed by atoms with Crippen molar-refractivity contribution in [2.24, 2.45) is 5.92 Å². The molecule has 0 radical (unpaired) electrons. The molecule has 0 bridgehead atoms. The SMILES string of the molecule is COc1ccc([C@@H]2[C@H]3C(=O)N(c4cccc(Cl)c4)C(=O)[C@@H]3ON2c2cccc([N+](=O)[O-])c2)c(OC)c1OC. The first kappa shape index (κ1) is 25.3. The molecule has 0 N–H and O–H groups in total. The van der Waals surface area contributed by atoms with E-state index in [9.17, 15) is 19.7 Å². The third kappa shape index (κ3) is 3.96. The summed E-state index contributed by atoms with van der Waals surface area (Å²) in [7, 11) is 4.36. The van der Waals surface area contributed by atoms with Crippen LogP contribution in [0.3, 0.4) is 0 Å². The largest absolute Gasteiger partial charge is 0.493 e. The fraction of sp³-hybridized carbons (Fsp3) is 0.231. The number of anilines is 2. The molecule has 11 nitrogen and oxygen atoms in total. The zero-order valence-corrected chi connectivity index (χ0v) is 21.2. The summed E-state index contributed by atoms with van der Waals surface area (Å²) in [5.41, 5.74) is 0.869. The lowest BCUT2D eigenvalue weighted by Crippen LogP contribution is -2.37. The number of nitro groups is 1. The summed E-state index contributed by atoms with van der Waals surface area (Å²) in [6, 6.07) is 14.5. The Hall–Kier alpha value is -4.35. The number of carbonyl (C=O) groups excluding carboxylic acids is 2. The molecule has 0 aliphatic carbocycles. The van der Waals surface area contributed by atoms with Crippen molar-refractivity contribution in [1.29, 1.82) is 0 Å². The van der Waals surface area contributed by atoms with Gasteiger partial charge in [0.05, 0.1) is 37.6 Å². The maximum absolute atomic E-state index is 13.9. The molecule has 0 unspecified atom stereocenters. The lowest BCUT2D eigenvalue weighted by molar-refractivity contribution is -0.384. The van der Waals surface area contributed by atoms with Crippen molar-refractivity contribution in [3.8, 4) is 17.2 Å². The third-order valence-corrected chi connectivity index (χ3v) is 6.77. The lowest BCUT2D eigenvalue weighted by atomic mass is 9.89. The predicted molar refractivity (Wildman–Crippen MR) is 137 cm³/mol. The fourth-order valence-corrected chi connectivity index (χ4v) is 5.11. The van der Waals surface area contributed by atoms with Crippen molar-refractivity contribution in [1.82, 2.24) is 0 Å². The summed E-state index contributed by atoms with van der Waals surface area (Å²) >= 11 is 6.12. The minimum absolute atomic E-state index is 0.181. The number of non-ortho nitro benzene ring substituents is 1. The number of rotatable bonds is 7. The summed E-state index contributed by atoms with van der Waals surface area (Å²) in [4.78, 5) is 45.5. The Morgan fingerprint density at radius 3 is 2.26 bits per heavy atom. The normalized spacial score (nSPS) is 20.5. The molecule has 3 atom stereocenters. The molecule has 5 rings (SSSR count). The summed E-state index contributed by atoms with van der Waals surface area (Å²) in [5, 5.41) is 13.2. The molecule has 3 aromatic carbocycles. The number of ether oxygens (including phenoxy) is 3. The maximum atomic E-state index is 13.9. The van der Waals surface area contributed by atoms with Gasteiger partial charge in [0.25, 0.3) is 11.6 Å². The second-order valence-corrected chi connectivity index (χ2v) is 8.95. The van der Waals surface area contributed by atoms with Gasteiger partial charge in [0, 0.05) is 22.7 Å². The molecule has 2 heterocycles. The van der Waals surface area contributed by atoms with E-state index in [2.05, 4.69) is 0 Å². The number of imide groups is 1. The highest BCUT2D eigenvalue weighted by Gasteiger charge is 2.61. The molecule has 0 saturated carbocycles. The van der Waals surface area contributed by atoms with E-state index in [0.717, 1.165) is 4.90 Å². The van der Waals surface area contributed by atoms with Gasteiger partial charge in [-0.2, -0.15) is 0 Å². The van der Waals surface area contributed by atoms with Gasteiger partial charge >= 0.3 is 0 Å². The highest BCUT2D eigenvalue weighted by Crippen LogP contribution is 2.53. The van der Waals surface area contributed by atoms with Crippen LogP contribution in [0.15, 0.2) is 60.7 Å². The van der Waals surface area contributed by atoms with Gasteiger partial charge in [-0.05, 0) is 36.4 Å². The zero-order valence-electron chi connectivity index (χ0n) is 20.5. The fourth-order valence-electron chi connectivity index (χ4n) is 4.92. The average Bonchev–Trinajstić information content (AvgIpc) is 3.43. The third-order valence-electron chi connectivity index (χ3n) is 6.53. The van der Waals surface area contributed by atoms with Crippen molar-refractivity contribution < 1.29 is 33.6 Å². The molecule has 2 saturated heterocycles. The molecular formula is C26H22ClN3O8. The quantitative estimate of drug-likeness (QED) is 0.245. The van der Waals surface area contributed by atoms with Gasteiger partial charge in [-0.25, -0.2) is 9.96 Å². The zero-order chi connectivity index (χ0) is 27.1. The van der Waals surface area contributed by atoms with Crippen molar-refractivity contribution in [2.45, 2.75) is 12.1 Å². The van der Waals surface area contributed by atoms with Gasteiger partial charge in [0.15, 0.2) is 17.6 Å². The Kier molecular flexibility index (Phi) is 6.55. The summed E-state index contributed by atoms with van der Waals surface area (Å²) in [6.45, 7) is 0. The maximum Gasteiger partial charge on any atom is 0.271 e. The lowest BCUT2D eigenvalue weighted by Gasteiger charge is -2.30. The second kappa shape index (κ2) is 9.84. The number of benzene rings is 3. The van der Waals surface area contributed by atoms with Crippen LogP contribution in [-0.4, -0.2) is 44.2 Å². The monoisotopic (exact) mass is 539 g/mol. The van der Waals surface area contributed by atoms with Crippen molar-refractivity contribution in [3.63, 3.8) is 0 Å². The predicted octanol–water partition coefficient (Wildman–Crippen LogP) is 4.33. The molecule has 2 fully saturated rings. The van der Waals surface area contributed by atoms with E-state index in [1.165, 1.54) is 50.7 Å². The van der Waals surface area contributed by atoms with E-state index >= 15 is 0 Å². The minimum Gasteiger partial charge on any atom is -0.493 e. The van der Waals surface area contributed by atoms with Crippen LogP contribution in [-0.2, 0) is 14.4 Å². The van der Waals surface area contributed by atoms with Gasteiger partial charge < -0.3 is 14.2 Å². The highest BCUT2D eigenvalue weighted by molar-refractivity contribution is 6.31. The molecule has 38 heavy (non-hydrogen) atoms. The summed E-state index contributed by atoms with van der Waals surface area (Å²) in [5.74, 6) is -1.19. The Morgan fingerprint density at radius 1 is 0.895 bits per heavy atom. The molecular weight excluding hydrogens is 518 g/mol. The average molecular weight is 540 g/mol. The van der Waals surface area contributed by atoms with E-state index in [1.807, 2.05) is 0 Å². The van der Waals surface area contributed by atoms with Crippen LogP contribution < -0.4 is 24.2 Å². The molecule has 3 aromatic rings. The standard InChI is InChI=1S/C26H22ClN3O8/c1-35-19-11-10-18(22(36-2)23(19)37-3)21-20-24(38-29(21)16-8-5-9-17(13-16)30(33)34)26(32)28(25(20)31)15-7-4-6-14(27)12-15/h4-13,20-21,24H,1-3H3/t20-,21-,24-/m1/s1. The minimum atomic E-state index is -1.21. The molecule has 196 valence electrons. The Bertz CT molecular complexity index is 1450. The van der Waals surface area contributed by atoms with Crippen molar-refractivity contribution in [2.75, 3.05) is 31.3 Å². The van der Waals surface area contributed by atoms with Crippen molar-refractivity contribution in [3.05, 3.63) is 81.4 Å². The number of nitrogens with zero attached hydrogens (tertiary/aromatic N) is 3. The number of nitro benzene ring substituents is 1. The molecule has 12 heteroatoms.